The molecular formula is C18H32N4O. The van der Waals surface area contributed by atoms with Crippen LogP contribution in [0.3, 0.4) is 0 Å². The van der Waals surface area contributed by atoms with Crippen molar-refractivity contribution < 1.29 is 4.79 Å². The Morgan fingerprint density at radius 3 is 2.30 bits per heavy atom. The lowest BCUT2D eigenvalue weighted by Gasteiger charge is -2.45. The second kappa shape index (κ2) is 6.63. The maximum Gasteiger partial charge on any atom is 0.255 e. The number of carbonyl (C=O) groups is 1. The molecule has 1 aliphatic heterocycles. The Morgan fingerprint density at radius 1 is 1.26 bits per heavy atom. The molecule has 2 heterocycles. The molecule has 5 nitrogen and oxygen atoms in total. The maximum atomic E-state index is 12.6. The molecule has 0 radical (unpaired) electrons. The van der Waals surface area contributed by atoms with Gasteiger partial charge in [0.05, 0.1) is 11.3 Å². The van der Waals surface area contributed by atoms with Crippen LogP contribution in [-0.2, 0) is 7.05 Å². The molecule has 1 aromatic heterocycles. The first-order valence-corrected chi connectivity index (χ1v) is 8.65. The van der Waals surface area contributed by atoms with Crippen molar-refractivity contribution in [2.75, 3.05) is 19.6 Å². The van der Waals surface area contributed by atoms with E-state index in [4.69, 9.17) is 0 Å². The zero-order valence-corrected chi connectivity index (χ0v) is 15.7. The smallest absolute Gasteiger partial charge is 0.255 e. The molecule has 0 aliphatic carbocycles. The van der Waals surface area contributed by atoms with Crippen LogP contribution < -0.4 is 5.32 Å². The number of amides is 1. The summed E-state index contributed by atoms with van der Waals surface area (Å²) in [5, 5.41) is 7.46. The lowest BCUT2D eigenvalue weighted by molar-refractivity contribution is 0.0445. The van der Waals surface area contributed by atoms with Crippen LogP contribution in [-0.4, -0.2) is 45.8 Å². The van der Waals surface area contributed by atoms with Crippen LogP contribution in [0.4, 0.5) is 0 Å². The molecular weight excluding hydrogens is 288 g/mol. The summed E-state index contributed by atoms with van der Waals surface area (Å²) in [7, 11) is 1.87. The Hall–Kier alpha value is -1.36. The molecule has 23 heavy (non-hydrogen) atoms. The normalized spacial score (nSPS) is 23.1. The molecule has 5 heteroatoms. The summed E-state index contributed by atoms with van der Waals surface area (Å²) in [5.41, 5.74) is 2.38. The molecule has 1 saturated heterocycles. The zero-order valence-electron chi connectivity index (χ0n) is 15.7. The number of rotatable bonds is 4. The van der Waals surface area contributed by atoms with Gasteiger partial charge in [-0.3, -0.25) is 14.4 Å². The van der Waals surface area contributed by atoms with Gasteiger partial charge >= 0.3 is 0 Å². The van der Waals surface area contributed by atoms with Gasteiger partial charge in [0.1, 0.15) is 0 Å². The molecule has 1 fully saturated rings. The highest BCUT2D eigenvalue weighted by Gasteiger charge is 2.33. The molecule has 2 rings (SSSR count). The first-order chi connectivity index (χ1) is 10.6. The Labute approximate surface area is 140 Å². The summed E-state index contributed by atoms with van der Waals surface area (Å²) in [4.78, 5) is 15.1. The van der Waals surface area contributed by atoms with Gasteiger partial charge in [-0.1, -0.05) is 13.8 Å². The van der Waals surface area contributed by atoms with E-state index in [1.54, 1.807) is 4.68 Å². The van der Waals surface area contributed by atoms with Crippen LogP contribution >= 0.6 is 0 Å². The van der Waals surface area contributed by atoms with Crippen LogP contribution in [0, 0.1) is 25.7 Å². The zero-order chi connectivity index (χ0) is 17.4. The minimum absolute atomic E-state index is 0.0146. The Kier molecular flexibility index (Phi) is 5.19. The van der Waals surface area contributed by atoms with E-state index < -0.39 is 0 Å². The lowest BCUT2D eigenvalue weighted by Crippen LogP contribution is -2.56. The van der Waals surface area contributed by atoms with Crippen molar-refractivity contribution >= 4 is 5.91 Å². The quantitative estimate of drug-likeness (QED) is 0.927. The standard InChI is InChI=1S/C18H32N4O/c1-12-8-13(2)10-22(9-12)18(5,6)11-19-17(23)16-14(3)20-21(7)15(16)4/h12-13H,8-11H2,1-7H3,(H,19,23). The predicted molar refractivity (Wildman–Crippen MR) is 93.6 cm³/mol. The van der Waals surface area contributed by atoms with Crippen molar-refractivity contribution in [3.8, 4) is 0 Å². The SMILES string of the molecule is Cc1nn(C)c(C)c1C(=O)NCC(C)(C)N1CC(C)CC(C)C1. The van der Waals surface area contributed by atoms with Crippen LogP contribution in [0.25, 0.3) is 0 Å². The van der Waals surface area contributed by atoms with Crippen molar-refractivity contribution in [1.29, 1.82) is 0 Å². The van der Waals surface area contributed by atoms with Gasteiger partial charge in [-0.2, -0.15) is 5.10 Å². The number of nitrogens with one attached hydrogen (secondary N) is 1. The van der Waals surface area contributed by atoms with Gasteiger partial charge in [-0.25, -0.2) is 0 Å². The molecule has 1 amide bonds. The number of aryl methyl sites for hydroxylation is 2. The first-order valence-electron chi connectivity index (χ1n) is 8.65. The van der Waals surface area contributed by atoms with E-state index in [2.05, 4.69) is 43.0 Å². The third-order valence-corrected chi connectivity index (χ3v) is 5.14. The van der Waals surface area contributed by atoms with Gasteiger partial charge in [0.15, 0.2) is 0 Å². The summed E-state index contributed by atoms with van der Waals surface area (Å²) in [5.74, 6) is 1.42. The number of aromatic nitrogens is 2. The van der Waals surface area contributed by atoms with E-state index in [1.165, 1.54) is 6.42 Å². The average molecular weight is 320 g/mol. The van der Waals surface area contributed by atoms with E-state index in [0.29, 0.717) is 12.1 Å². The molecule has 2 unspecified atom stereocenters. The third kappa shape index (κ3) is 3.94. The van der Waals surface area contributed by atoms with Gasteiger partial charge in [-0.05, 0) is 46.0 Å². The molecule has 1 aliphatic rings. The van der Waals surface area contributed by atoms with E-state index in [0.717, 1.165) is 36.3 Å². The number of likely N-dealkylation sites (tertiary alicyclic amines) is 1. The van der Waals surface area contributed by atoms with Gasteiger partial charge in [-0.15, -0.1) is 0 Å². The minimum atomic E-state index is -0.0391. The van der Waals surface area contributed by atoms with E-state index in [1.807, 2.05) is 20.9 Å². The Balaban J connectivity index is 2.02. The summed E-state index contributed by atoms with van der Waals surface area (Å²) >= 11 is 0. The highest BCUT2D eigenvalue weighted by molar-refractivity contribution is 5.96. The van der Waals surface area contributed by atoms with E-state index in [9.17, 15) is 4.79 Å². The molecule has 0 saturated carbocycles. The van der Waals surface area contributed by atoms with Crippen LogP contribution in [0.15, 0.2) is 0 Å². The average Bonchev–Trinajstić information content (AvgIpc) is 2.69. The van der Waals surface area contributed by atoms with Gasteiger partial charge in [0.2, 0.25) is 0 Å². The monoisotopic (exact) mass is 320 g/mol. The van der Waals surface area contributed by atoms with Crippen molar-refractivity contribution in [3.63, 3.8) is 0 Å². The first kappa shape index (κ1) is 18.0. The van der Waals surface area contributed by atoms with Crippen molar-refractivity contribution in [2.45, 2.75) is 53.5 Å². The number of carbonyl (C=O) groups excluding carboxylic acids is 1. The Bertz CT molecular complexity index is 566. The number of hydrogen-bond acceptors (Lipinski definition) is 3. The molecule has 2 atom stereocenters. The van der Waals surface area contributed by atoms with Crippen molar-refractivity contribution in [1.82, 2.24) is 20.0 Å². The summed E-state index contributed by atoms with van der Waals surface area (Å²) in [6, 6.07) is 0. The topological polar surface area (TPSA) is 50.2 Å². The fourth-order valence-electron chi connectivity index (χ4n) is 3.76. The van der Waals surface area contributed by atoms with Gasteiger partial charge < -0.3 is 5.32 Å². The minimum Gasteiger partial charge on any atom is -0.350 e. The largest absolute Gasteiger partial charge is 0.350 e. The molecule has 1 N–H and O–H groups in total. The third-order valence-electron chi connectivity index (χ3n) is 5.14. The lowest BCUT2D eigenvalue weighted by atomic mass is 9.88. The molecule has 1 aromatic rings. The number of hydrogen-bond donors (Lipinski definition) is 1. The highest BCUT2D eigenvalue weighted by Crippen LogP contribution is 2.27. The summed E-state index contributed by atoms with van der Waals surface area (Å²) in [6.45, 7) is 15.8. The van der Waals surface area contributed by atoms with Crippen molar-refractivity contribution in [3.05, 3.63) is 17.0 Å². The fourth-order valence-corrected chi connectivity index (χ4v) is 3.76. The van der Waals surface area contributed by atoms with Crippen LogP contribution in [0.1, 0.15) is 55.9 Å². The maximum absolute atomic E-state index is 12.6. The summed E-state index contributed by atoms with van der Waals surface area (Å²) in [6.07, 6.45) is 1.30. The van der Waals surface area contributed by atoms with Gasteiger partial charge in [0.25, 0.3) is 5.91 Å². The predicted octanol–water partition coefficient (Wildman–Crippen LogP) is 2.52. The number of piperidine rings is 1. The van der Waals surface area contributed by atoms with Crippen LogP contribution in [0.2, 0.25) is 0 Å². The van der Waals surface area contributed by atoms with Gasteiger partial charge in [0, 0.05) is 37.9 Å². The van der Waals surface area contributed by atoms with E-state index in [-0.39, 0.29) is 11.4 Å². The van der Waals surface area contributed by atoms with E-state index >= 15 is 0 Å². The van der Waals surface area contributed by atoms with Crippen molar-refractivity contribution in [2.24, 2.45) is 18.9 Å². The molecule has 0 aromatic carbocycles. The number of nitrogens with zero attached hydrogens (tertiary/aromatic N) is 3. The second-order valence-corrected chi connectivity index (χ2v) is 8.02. The molecule has 0 bridgehead atoms. The Morgan fingerprint density at radius 2 is 1.83 bits per heavy atom. The molecule has 0 spiro atoms. The van der Waals surface area contributed by atoms with Crippen LogP contribution in [0.5, 0.6) is 0 Å². The fraction of sp³-hybridized carbons (Fsp3) is 0.778. The molecule has 130 valence electrons. The second-order valence-electron chi connectivity index (χ2n) is 8.02. The highest BCUT2D eigenvalue weighted by atomic mass is 16.1. The summed E-state index contributed by atoms with van der Waals surface area (Å²) < 4.78 is 1.77.